The molecule has 0 spiro atoms. The number of aliphatic carboxylic acids is 1. The van der Waals surface area contributed by atoms with E-state index < -0.39 is 65.3 Å². The van der Waals surface area contributed by atoms with E-state index in [0.717, 1.165) is 31.1 Å². The van der Waals surface area contributed by atoms with Crippen LogP contribution in [0.15, 0.2) is 40.2 Å². The second kappa shape index (κ2) is 21.7. The van der Waals surface area contributed by atoms with Gasteiger partial charge in [-0.1, -0.05) is 31.4 Å². The molecule has 0 bridgehead atoms. The molecule has 3 N–H and O–H groups in total. The maximum Gasteiger partial charge on any atom is 0.317 e. The van der Waals surface area contributed by atoms with E-state index in [2.05, 4.69) is 47.9 Å². The van der Waals surface area contributed by atoms with Crippen LogP contribution in [0.3, 0.4) is 0 Å². The maximum atomic E-state index is 14.5. The van der Waals surface area contributed by atoms with Gasteiger partial charge in [-0.25, -0.2) is 17.8 Å². The van der Waals surface area contributed by atoms with E-state index in [1.54, 1.807) is 0 Å². The number of benzene rings is 2. The van der Waals surface area contributed by atoms with Gasteiger partial charge in [-0.3, -0.25) is 34.2 Å². The van der Waals surface area contributed by atoms with Crippen LogP contribution in [-0.2, 0) is 57.4 Å². The number of carbonyl (C=O) groups is 5. The normalized spacial score (nSPS) is 16.9. The molecule has 3 heterocycles. The summed E-state index contributed by atoms with van der Waals surface area (Å²) in [5, 5.41) is 9.90. The highest BCUT2D eigenvalue weighted by atomic mass is 35.5. The van der Waals surface area contributed by atoms with Crippen LogP contribution in [-0.4, -0.2) is 108 Å². The van der Waals surface area contributed by atoms with Crippen molar-refractivity contribution < 1.29 is 61.0 Å². The number of carbonyl (C=O) groups excluding carboxylic acids is 4. The lowest BCUT2D eigenvalue weighted by molar-refractivity contribution is -0.193. The van der Waals surface area contributed by atoms with E-state index in [4.69, 9.17) is 32.8 Å². The second-order valence-electron chi connectivity index (χ2n) is 15.0. The molecular weight excluding hydrogens is 900 g/mol. The van der Waals surface area contributed by atoms with Gasteiger partial charge in [0.2, 0.25) is 4.80 Å². The first-order valence-corrected chi connectivity index (χ1v) is 25.3. The van der Waals surface area contributed by atoms with Crippen LogP contribution in [0.2, 0.25) is 5.02 Å². The lowest BCUT2D eigenvalue weighted by Crippen LogP contribution is -2.39. The summed E-state index contributed by atoms with van der Waals surface area (Å²) in [6.07, 6.45) is 14.0. The number of nitrogens with one attached hydrogen (secondary N) is 1. The Morgan fingerprint density at radius 3 is 2.36 bits per heavy atom. The Morgan fingerprint density at radius 2 is 1.82 bits per heavy atom. The summed E-state index contributed by atoms with van der Waals surface area (Å²) in [6, 6.07) is 6.40. The van der Waals surface area contributed by atoms with Crippen molar-refractivity contribution in [3.05, 3.63) is 57.4 Å². The number of hydrogen-bond donors (Lipinski definition) is 3. The average molecular weight is 946 g/mol. The summed E-state index contributed by atoms with van der Waals surface area (Å²) in [7, 11) is -7.15. The minimum absolute atomic E-state index is 0.00216. The minimum Gasteiger partial charge on any atom is -0.778 e. The summed E-state index contributed by atoms with van der Waals surface area (Å²) in [5.74, 6) is -1.02. The number of carboxylic acid groups (broad SMARTS) is 1. The number of fused-ring (bicyclic) bond motifs is 2. The average Bonchev–Trinajstić information content (AvgIpc) is 3.63. The predicted octanol–water partition coefficient (Wildman–Crippen LogP) is 2.78. The Kier molecular flexibility index (Phi) is 18.2. The first-order chi connectivity index (χ1) is 28.2. The van der Waals surface area contributed by atoms with Crippen LogP contribution in [0.25, 0.3) is 0 Å². The van der Waals surface area contributed by atoms with E-state index >= 15 is 0 Å². The van der Waals surface area contributed by atoms with Crippen molar-refractivity contribution in [2.45, 2.75) is 51.0 Å². The number of ketones is 3. The van der Waals surface area contributed by atoms with E-state index in [1.165, 1.54) is 40.7 Å². The summed E-state index contributed by atoms with van der Waals surface area (Å²) < 4.78 is 59.1. The third kappa shape index (κ3) is 15.3. The van der Waals surface area contributed by atoms with Gasteiger partial charge in [0.1, 0.15) is 30.8 Å². The number of nitrogens with zero attached hydrogens (tertiary/aromatic N) is 4. The Morgan fingerprint density at radius 1 is 1.20 bits per heavy atom. The molecule has 1 saturated carbocycles. The van der Waals surface area contributed by atoms with Crippen molar-refractivity contribution in [1.82, 2.24) is 14.3 Å². The van der Waals surface area contributed by atoms with Crippen LogP contribution in [0.4, 0.5) is 15.8 Å². The number of anilines is 1. The molecule has 332 valence electrons. The Bertz CT molecular complexity index is 2420. The fraction of sp³-hybridized carbons (Fsp3) is 0.447. The van der Waals surface area contributed by atoms with Gasteiger partial charge in [0.25, 0.3) is 5.91 Å². The predicted molar refractivity (Wildman–Crippen MR) is 228 cm³/mol. The number of aromatic nitrogens is 2. The molecule has 1 aliphatic carbocycles. The van der Waals surface area contributed by atoms with E-state index in [-0.39, 0.29) is 58.5 Å². The molecule has 2 aromatic carbocycles. The molecule has 1 aromatic heterocycles. The molecule has 1 unspecified atom stereocenters. The molecule has 3 aliphatic rings. The lowest BCUT2D eigenvalue weighted by Gasteiger charge is -2.28. The number of hydrogen-bond acceptors (Lipinski definition) is 14. The minimum atomic E-state index is -4.35. The van der Waals surface area contributed by atoms with Crippen molar-refractivity contribution in [3.63, 3.8) is 0 Å². The molecule has 1 amide bonds. The van der Waals surface area contributed by atoms with Gasteiger partial charge in [-0.15, -0.1) is 6.42 Å². The quantitative estimate of drug-likeness (QED) is 0.0918. The van der Waals surface area contributed by atoms with Gasteiger partial charge in [-0.05, 0) is 47.0 Å². The number of Topliss-reactive ketones (excluding diaryl/α,β-unsaturated/α-hetero) is 3. The van der Waals surface area contributed by atoms with E-state index in [1.807, 2.05) is 9.88 Å². The Hall–Kier alpha value is -4.26. The number of carboxylic acids is 1. The topological polar surface area (TPSA) is 255 Å². The SMILES string of the molecule is C#CCN1C(=O)COc2cc(F)c(N=c3snc4n3CC(C)(C)C4)cc21.CS(=O)(=O)c1ccc(C(=O)C2C(=O)CCCC2=O)c(Cl)c1.C[S+](C)C.O=C(O)CNCP(=O)([O-])O. The smallest absolute Gasteiger partial charge is 0.317 e. The Labute approximate surface area is 364 Å². The molecule has 23 heteroatoms. The number of rotatable bonds is 9. The van der Waals surface area contributed by atoms with Crippen LogP contribution >= 0.6 is 30.7 Å². The standard InChI is InChI=1S/C18H17FN4O2S.C14H13ClO5S.C3H8NO5P.C3H9S/c1-4-5-22-13-7-12(11(19)6-14(13)25-9-16(22)24)20-17-23-10-18(2,3)8-15(23)21-26-17;1-21(19,20)8-5-6-9(10(15)7-8)14(18)13-11(16)3-2-4-12(13)17;5-3(6)1-4-2-10(7,8)9;1-4(2)3/h1,6-7H,5,8-10H2,2-3H3;5-7,13H,2-4H2,1H3;4H,1-2H2,(H,5,6)(H2,7,8,9);1-3H3/q;;;+1/p-1. The van der Waals surface area contributed by atoms with Crippen LogP contribution in [0.1, 0.15) is 49.3 Å². The van der Waals surface area contributed by atoms with E-state index in [9.17, 15) is 46.2 Å². The molecule has 1 fully saturated rings. The van der Waals surface area contributed by atoms with Crippen LogP contribution < -0.4 is 24.6 Å². The zero-order valence-electron chi connectivity index (χ0n) is 34.1. The maximum absolute atomic E-state index is 14.5. The summed E-state index contributed by atoms with van der Waals surface area (Å²) in [6.45, 7) is 4.57. The largest absolute Gasteiger partial charge is 0.778 e. The molecule has 17 nitrogen and oxygen atoms in total. The summed E-state index contributed by atoms with van der Waals surface area (Å²) in [5.41, 5.74) is 0.676. The van der Waals surface area contributed by atoms with Crippen molar-refractivity contribution >= 4 is 92.1 Å². The first-order valence-electron chi connectivity index (χ1n) is 18.1. The van der Waals surface area contributed by atoms with Crippen molar-refractivity contribution in [1.29, 1.82) is 0 Å². The summed E-state index contributed by atoms with van der Waals surface area (Å²) >= 11 is 7.18. The molecule has 61 heavy (non-hydrogen) atoms. The zero-order chi connectivity index (χ0) is 46.0. The fourth-order valence-corrected chi connectivity index (χ4v) is 7.97. The number of ether oxygens (including phenoxy) is 1. The van der Waals surface area contributed by atoms with Crippen molar-refractivity contribution in [3.8, 4) is 18.1 Å². The third-order valence-electron chi connectivity index (χ3n) is 8.41. The molecule has 2 aliphatic heterocycles. The lowest BCUT2D eigenvalue weighted by atomic mass is 9.82. The van der Waals surface area contributed by atoms with Gasteiger partial charge >= 0.3 is 5.97 Å². The molecular formula is C38H46ClFN5O12PS3. The third-order valence-corrected chi connectivity index (χ3v) is 11.2. The number of terminal acetylenes is 1. The number of sulfone groups is 1. The molecule has 0 saturated heterocycles. The molecule has 1 atom stereocenters. The van der Waals surface area contributed by atoms with Gasteiger partial charge in [0, 0.05) is 55.2 Å². The highest BCUT2D eigenvalue weighted by molar-refractivity contribution is 7.94. The fourth-order valence-electron chi connectivity index (χ4n) is 5.83. The summed E-state index contributed by atoms with van der Waals surface area (Å²) in [4.78, 5) is 82.2. The van der Waals surface area contributed by atoms with Gasteiger partial charge in [0.15, 0.2) is 39.6 Å². The zero-order valence-corrected chi connectivity index (χ0v) is 38.2. The first kappa shape index (κ1) is 51.1. The molecule has 3 aromatic rings. The highest BCUT2D eigenvalue weighted by Crippen LogP contribution is 2.38. The van der Waals surface area contributed by atoms with Gasteiger partial charge in [0.05, 0.1) is 53.7 Å². The van der Waals surface area contributed by atoms with Crippen molar-refractivity contribution in [2.75, 3.05) is 55.9 Å². The van der Waals surface area contributed by atoms with Crippen LogP contribution in [0.5, 0.6) is 5.75 Å². The number of halogens is 2. The Balaban J connectivity index is 0.000000253. The highest BCUT2D eigenvalue weighted by Gasteiger charge is 2.37. The monoisotopic (exact) mass is 945 g/mol. The van der Waals surface area contributed by atoms with Gasteiger partial charge < -0.3 is 28.8 Å². The molecule has 6 rings (SSSR count). The second-order valence-corrected chi connectivity index (χ2v) is 22.2. The van der Waals surface area contributed by atoms with E-state index in [0.29, 0.717) is 33.6 Å². The van der Waals surface area contributed by atoms with Crippen molar-refractivity contribution in [2.24, 2.45) is 16.3 Å². The number of amides is 1. The van der Waals surface area contributed by atoms with Gasteiger partial charge in [-0.2, -0.15) is 4.37 Å². The van der Waals surface area contributed by atoms with Crippen LogP contribution in [0, 0.1) is 29.5 Å². The molecule has 0 radical (unpaired) electrons.